The summed E-state index contributed by atoms with van der Waals surface area (Å²) in [6.45, 7) is 0. The van der Waals surface area contributed by atoms with Gasteiger partial charge in [0.05, 0.1) is 5.92 Å². The number of alkyl halides is 9. The number of carbonyl (C=O) groups excluding carboxylic acids is 1. The molecule has 0 fully saturated rings. The molecule has 1 aliphatic carbocycles. The predicted molar refractivity (Wildman–Crippen MR) is 63.4 cm³/mol. The summed E-state index contributed by atoms with van der Waals surface area (Å²) in [5, 5.41) is 0. The van der Waals surface area contributed by atoms with Gasteiger partial charge in [-0.2, -0.15) is 39.5 Å². The SMILES string of the molecule is O=C1c2cc(F)ccc2CCC1C(F)(F)C(F)(F)C(F)(F)C(F)(F)F. The smallest absolute Gasteiger partial charge is 0.294 e. The molecule has 0 bridgehead atoms. The lowest BCUT2D eigenvalue weighted by Gasteiger charge is -2.38. The number of aryl methyl sites for hydroxylation is 1. The van der Waals surface area contributed by atoms with Crippen molar-refractivity contribution in [3.05, 3.63) is 35.1 Å². The Morgan fingerprint density at radius 3 is 1.96 bits per heavy atom. The van der Waals surface area contributed by atoms with Crippen molar-refractivity contribution < 1.29 is 48.7 Å². The number of halogens is 10. The summed E-state index contributed by atoms with van der Waals surface area (Å²) in [5.41, 5.74) is -0.744. The number of carbonyl (C=O) groups is 1. The fourth-order valence-corrected chi connectivity index (χ4v) is 2.57. The standard InChI is InChI=1S/C14H8F10O/c15-7-3-1-6-2-4-9(10(25)8(6)5-7)11(16,17)12(18,19)13(20,21)14(22,23)24/h1,3,5,9H,2,4H2. The maximum atomic E-state index is 13.9. The van der Waals surface area contributed by atoms with Gasteiger partial charge in [-0.05, 0) is 30.5 Å². The minimum atomic E-state index is -7.06. The zero-order valence-corrected chi connectivity index (χ0v) is 11.9. The Morgan fingerprint density at radius 1 is 0.880 bits per heavy atom. The highest BCUT2D eigenvalue weighted by molar-refractivity contribution is 6.00. The Morgan fingerprint density at radius 2 is 1.44 bits per heavy atom. The third-order valence-corrected chi connectivity index (χ3v) is 3.96. The topological polar surface area (TPSA) is 17.1 Å². The molecule has 0 radical (unpaired) electrons. The van der Waals surface area contributed by atoms with Crippen LogP contribution in [0.15, 0.2) is 18.2 Å². The zero-order chi connectivity index (χ0) is 19.4. The normalized spacial score (nSPS) is 19.8. The van der Waals surface area contributed by atoms with Gasteiger partial charge in [-0.25, -0.2) is 4.39 Å². The summed E-state index contributed by atoms with van der Waals surface area (Å²) < 4.78 is 130. The molecule has 1 unspecified atom stereocenters. The molecule has 25 heavy (non-hydrogen) atoms. The summed E-state index contributed by atoms with van der Waals surface area (Å²) in [7, 11) is 0. The number of hydrogen-bond donors (Lipinski definition) is 0. The van der Waals surface area contributed by atoms with Crippen LogP contribution in [0.25, 0.3) is 0 Å². The van der Waals surface area contributed by atoms with Crippen molar-refractivity contribution in [2.45, 2.75) is 36.8 Å². The Bertz CT molecular complexity index is 691. The van der Waals surface area contributed by atoms with Crippen molar-refractivity contribution in [1.82, 2.24) is 0 Å². The van der Waals surface area contributed by atoms with Gasteiger partial charge < -0.3 is 0 Å². The Balaban J connectivity index is 2.48. The molecule has 0 saturated carbocycles. The summed E-state index contributed by atoms with van der Waals surface area (Å²) in [5.74, 6) is -26.0. The van der Waals surface area contributed by atoms with E-state index in [9.17, 15) is 48.7 Å². The second-order valence-corrected chi connectivity index (χ2v) is 5.53. The number of hydrogen-bond acceptors (Lipinski definition) is 1. The molecular weight excluding hydrogens is 374 g/mol. The Kier molecular flexibility index (Phi) is 4.37. The third-order valence-electron chi connectivity index (χ3n) is 3.96. The van der Waals surface area contributed by atoms with Gasteiger partial charge in [0, 0.05) is 5.56 Å². The number of fused-ring (bicyclic) bond motifs is 1. The highest BCUT2D eigenvalue weighted by Crippen LogP contribution is 2.56. The molecule has 0 saturated heterocycles. The average molecular weight is 382 g/mol. The first-order valence-electron chi connectivity index (χ1n) is 6.67. The molecule has 1 aromatic rings. The van der Waals surface area contributed by atoms with E-state index in [1.807, 2.05) is 0 Å². The van der Waals surface area contributed by atoms with Crippen LogP contribution in [-0.4, -0.2) is 29.7 Å². The van der Waals surface area contributed by atoms with Crippen molar-refractivity contribution in [2.75, 3.05) is 0 Å². The van der Waals surface area contributed by atoms with Crippen LogP contribution in [0.4, 0.5) is 43.9 Å². The van der Waals surface area contributed by atoms with Gasteiger partial charge in [0.1, 0.15) is 5.82 Å². The molecule has 1 aliphatic rings. The van der Waals surface area contributed by atoms with Gasteiger partial charge in [0.25, 0.3) is 0 Å². The van der Waals surface area contributed by atoms with Crippen LogP contribution < -0.4 is 0 Å². The fraction of sp³-hybridized carbons (Fsp3) is 0.500. The Hall–Kier alpha value is -1.81. The predicted octanol–water partition coefficient (Wildman–Crippen LogP) is 5.04. The molecule has 140 valence electrons. The summed E-state index contributed by atoms with van der Waals surface area (Å²) in [4.78, 5) is 11.9. The van der Waals surface area contributed by atoms with Crippen LogP contribution in [0, 0.1) is 11.7 Å². The van der Waals surface area contributed by atoms with E-state index in [0.29, 0.717) is 6.07 Å². The minimum Gasteiger partial charge on any atom is -0.294 e. The monoisotopic (exact) mass is 382 g/mol. The lowest BCUT2D eigenvalue weighted by atomic mass is 9.76. The van der Waals surface area contributed by atoms with Crippen molar-refractivity contribution in [3.8, 4) is 0 Å². The van der Waals surface area contributed by atoms with E-state index in [0.717, 1.165) is 12.1 Å². The van der Waals surface area contributed by atoms with Crippen molar-refractivity contribution >= 4 is 5.78 Å². The molecule has 0 spiro atoms. The number of rotatable bonds is 3. The maximum Gasteiger partial charge on any atom is 0.460 e. The molecule has 0 amide bonds. The second kappa shape index (κ2) is 5.60. The zero-order valence-electron chi connectivity index (χ0n) is 11.9. The van der Waals surface area contributed by atoms with E-state index < -0.39 is 59.9 Å². The Labute approximate surface area is 133 Å². The highest BCUT2D eigenvalue weighted by atomic mass is 19.4. The van der Waals surface area contributed by atoms with E-state index >= 15 is 0 Å². The lowest BCUT2D eigenvalue weighted by Crippen LogP contribution is -2.64. The third kappa shape index (κ3) is 2.77. The van der Waals surface area contributed by atoms with Gasteiger partial charge in [0.2, 0.25) is 0 Å². The van der Waals surface area contributed by atoms with Gasteiger partial charge >= 0.3 is 23.9 Å². The van der Waals surface area contributed by atoms with Gasteiger partial charge in [-0.15, -0.1) is 0 Å². The molecular formula is C14H8F10O. The summed E-state index contributed by atoms with van der Waals surface area (Å²) >= 11 is 0. The molecule has 11 heteroatoms. The molecule has 2 rings (SSSR count). The number of Topliss-reactive ketones (excluding diaryl/α,β-unsaturated/α-hetero) is 1. The van der Waals surface area contributed by atoms with Gasteiger partial charge in [-0.1, -0.05) is 6.07 Å². The molecule has 0 aliphatic heterocycles. The van der Waals surface area contributed by atoms with E-state index in [1.165, 1.54) is 0 Å². The number of benzene rings is 1. The van der Waals surface area contributed by atoms with Crippen molar-refractivity contribution in [2.24, 2.45) is 5.92 Å². The van der Waals surface area contributed by atoms with Crippen LogP contribution in [0.5, 0.6) is 0 Å². The first-order valence-corrected chi connectivity index (χ1v) is 6.67. The first-order chi connectivity index (χ1) is 11.1. The number of ketones is 1. The molecule has 1 atom stereocenters. The van der Waals surface area contributed by atoms with Crippen LogP contribution in [0.3, 0.4) is 0 Å². The molecule has 0 aromatic heterocycles. The summed E-state index contributed by atoms with van der Waals surface area (Å²) in [6.07, 6.45) is -8.54. The van der Waals surface area contributed by atoms with E-state index in [4.69, 9.17) is 0 Å². The fourth-order valence-electron chi connectivity index (χ4n) is 2.57. The largest absolute Gasteiger partial charge is 0.460 e. The van der Waals surface area contributed by atoms with Crippen LogP contribution in [0.1, 0.15) is 22.3 Å². The quantitative estimate of drug-likeness (QED) is 0.670. The summed E-state index contributed by atoms with van der Waals surface area (Å²) in [6, 6.07) is 2.32. The molecule has 0 N–H and O–H groups in total. The van der Waals surface area contributed by atoms with Crippen molar-refractivity contribution in [1.29, 1.82) is 0 Å². The molecule has 1 aromatic carbocycles. The maximum absolute atomic E-state index is 13.9. The van der Waals surface area contributed by atoms with Gasteiger partial charge in [-0.3, -0.25) is 4.79 Å². The van der Waals surface area contributed by atoms with Crippen LogP contribution in [-0.2, 0) is 6.42 Å². The van der Waals surface area contributed by atoms with E-state index in [2.05, 4.69) is 0 Å². The highest BCUT2D eigenvalue weighted by Gasteiger charge is 2.83. The van der Waals surface area contributed by atoms with Crippen LogP contribution >= 0.6 is 0 Å². The first kappa shape index (κ1) is 19.5. The van der Waals surface area contributed by atoms with E-state index in [1.54, 1.807) is 0 Å². The molecule has 1 nitrogen and oxygen atoms in total. The minimum absolute atomic E-state index is 0.00403. The lowest BCUT2D eigenvalue weighted by molar-refractivity contribution is -0.400. The van der Waals surface area contributed by atoms with Crippen molar-refractivity contribution in [3.63, 3.8) is 0 Å². The average Bonchev–Trinajstić information content (AvgIpc) is 2.46. The molecule has 0 heterocycles. The van der Waals surface area contributed by atoms with Crippen LogP contribution in [0.2, 0.25) is 0 Å². The van der Waals surface area contributed by atoms with Gasteiger partial charge in [0.15, 0.2) is 5.78 Å². The van der Waals surface area contributed by atoms with E-state index in [-0.39, 0.29) is 5.56 Å². The second-order valence-electron chi connectivity index (χ2n) is 5.53.